The fourth-order valence-electron chi connectivity index (χ4n) is 3.17. The van der Waals surface area contributed by atoms with Gasteiger partial charge in [0.15, 0.2) is 0 Å². The van der Waals surface area contributed by atoms with Gasteiger partial charge in [0.2, 0.25) is 0 Å². The van der Waals surface area contributed by atoms with Gasteiger partial charge in [0.05, 0.1) is 6.10 Å². The lowest BCUT2D eigenvalue weighted by Gasteiger charge is -2.40. The largest absolute Gasteiger partial charge is 0.388 e. The Morgan fingerprint density at radius 1 is 1.35 bits per heavy atom. The zero-order chi connectivity index (χ0) is 14.7. The Hall–Kier alpha value is -0.930. The minimum absolute atomic E-state index is 0.0275. The third kappa shape index (κ3) is 3.39. The summed E-state index contributed by atoms with van der Waals surface area (Å²) >= 11 is 0. The molecule has 1 saturated heterocycles. The summed E-state index contributed by atoms with van der Waals surface area (Å²) in [6.45, 7) is 8.45. The molecule has 1 N–H and O–H groups in total. The van der Waals surface area contributed by atoms with Gasteiger partial charge in [-0.05, 0) is 44.2 Å². The highest BCUT2D eigenvalue weighted by Crippen LogP contribution is 2.28. The summed E-state index contributed by atoms with van der Waals surface area (Å²) < 4.78 is 13.7. The van der Waals surface area contributed by atoms with Crippen LogP contribution >= 0.6 is 0 Å². The number of aliphatic hydroxyl groups is 1. The number of hydrogen-bond donors (Lipinski definition) is 1. The van der Waals surface area contributed by atoms with Crippen molar-refractivity contribution in [2.24, 2.45) is 11.8 Å². The van der Waals surface area contributed by atoms with Gasteiger partial charge in [-0.1, -0.05) is 32.0 Å². The first-order valence-electron chi connectivity index (χ1n) is 7.67. The van der Waals surface area contributed by atoms with Crippen molar-refractivity contribution in [1.82, 2.24) is 4.90 Å². The van der Waals surface area contributed by atoms with Crippen LogP contribution in [0.4, 0.5) is 4.39 Å². The minimum Gasteiger partial charge on any atom is -0.388 e. The van der Waals surface area contributed by atoms with E-state index in [1.54, 1.807) is 18.2 Å². The van der Waals surface area contributed by atoms with Crippen LogP contribution in [0.25, 0.3) is 0 Å². The van der Waals surface area contributed by atoms with Gasteiger partial charge >= 0.3 is 0 Å². The summed E-state index contributed by atoms with van der Waals surface area (Å²) in [7, 11) is 0. The lowest BCUT2D eigenvalue weighted by molar-refractivity contribution is 0.0464. The van der Waals surface area contributed by atoms with Crippen molar-refractivity contribution in [3.63, 3.8) is 0 Å². The molecule has 3 heteroatoms. The number of piperidine rings is 1. The second kappa shape index (κ2) is 6.68. The van der Waals surface area contributed by atoms with Crippen molar-refractivity contribution in [1.29, 1.82) is 0 Å². The molecular formula is C17H26FNO. The van der Waals surface area contributed by atoms with Gasteiger partial charge in [-0.15, -0.1) is 0 Å². The molecule has 0 radical (unpaired) electrons. The normalized spacial score (nSPS) is 27.2. The Morgan fingerprint density at radius 3 is 2.75 bits per heavy atom. The molecule has 4 atom stereocenters. The van der Waals surface area contributed by atoms with Crippen LogP contribution in [0.1, 0.15) is 45.3 Å². The highest BCUT2D eigenvalue weighted by atomic mass is 19.1. The van der Waals surface area contributed by atoms with E-state index in [1.807, 2.05) is 6.92 Å². The van der Waals surface area contributed by atoms with Crippen LogP contribution in [0, 0.1) is 17.7 Å². The van der Waals surface area contributed by atoms with Crippen LogP contribution in [-0.2, 0) is 0 Å². The fraction of sp³-hybridized carbons (Fsp3) is 0.647. The number of rotatable bonds is 4. The number of halogens is 1. The average molecular weight is 279 g/mol. The first-order chi connectivity index (χ1) is 9.50. The van der Waals surface area contributed by atoms with Gasteiger partial charge in [0, 0.05) is 18.2 Å². The van der Waals surface area contributed by atoms with E-state index in [4.69, 9.17) is 0 Å². The van der Waals surface area contributed by atoms with Gasteiger partial charge in [-0.2, -0.15) is 0 Å². The molecule has 2 nitrogen and oxygen atoms in total. The Morgan fingerprint density at radius 2 is 2.05 bits per heavy atom. The molecule has 1 aliphatic heterocycles. The molecule has 0 aliphatic carbocycles. The quantitative estimate of drug-likeness (QED) is 0.910. The molecule has 0 amide bonds. The highest BCUT2D eigenvalue weighted by molar-refractivity contribution is 5.20. The highest BCUT2D eigenvalue weighted by Gasteiger charge is 2.28. The molecule has 1 heterocycles. The molecule has 4 unspecified atom stereocenters. The number of likely N-dealkylation sites (tertiary alicyclic amines) is 1. The molecule has 1 aromatic rings. The summed E-state index contributed by atoms with van der Waals surface area (Å²) in [5.41, 5.74) is 0.415. The van der Waals surface area contributed by atoms with Crippen molar-refractivity contribution in [2.75, 3.05) is 13.1 Å². The van der Waals surface area contributed by atoms with Crippen LogP contribution in [0.3, 0.4) is 0 Å². The maximum Gasteiger partial charge on any atom is 0.129 e. The smallest absolute Gasteiger partial charge is 0.129 e. The lowest BCUT2D eigenvalue weighted by Crippen LogP contribution is -2.45. The molecule has 0 bridgehead atoms. The summed E-state index contributed by atoms with van der Waals surface area (Å²) in [5.74, 6) is 0.410. The van der Waals surface area contributed by atoms with E-state index in [9.17, 15) is 9.50 Å². The molecule has 0 saturated carbocycles. The first kappa shape index (κ1) is 15.5. The second-order valence-electron chi connectivity index (χ2n) is 6.30. The third-order valence-electron chi connectivity index (χ3n) is 4.79. The summed E-state index contributed by atoms with van der Waals surface area (Å²) in [4.78, 5) is 2.43. The number of hydrogen-bond acceptors (Lipinski definition) is 2. The predicted octanol–water partition coefficient (Wildman–Crippen LogP) is 3.62. The molecule has 1 fully saturated rings. The summed E-state index contributed by atoms with van der Waals surface area (Å²) in [6.07, 6.45) is 1.76. The van der Waals surface area contributed by atoms with Crippen LogP contribution in [0.2, 0.25) is 0 Å². The Kier molecular flexibility index (Phi) is 5.17. The molecule has 2 rings (SSSR count). The molecule has 0 spiro atoms. The summed E-state index contributed by atoms with van der Waals surface area (Å²) in [6, 6.07) is 7.07. The van der Waals surface area contributed by atoms with Crippen LogP contribution in [-0.4, -0.2) is 29.1 Å². The topological polar surface area (TPSA) is 23.5 Å². The predicted molar refractivity (Wildman–Crippen MR) is 80.0 cm³/mol. The number of nitrogens with zero attached hydrogens (tertiary/aromatic N) is 1. The van der Waals surface area contributed by atoms with Crippen LogP contribution in [0.5, 0.6) is 0 Å². The molecule has 1 aliphatic rings. The molecule has 1 aromatic carbocycles. The van der Waals surface area contributed by atoms with Gasteiger partial charge in [0.1, 0.15) is 5.82 Å². The minimum atomic E-state index is -0.736. The SMILES string of the molecule is CC(CN1CCCC(C)C1C)C(O)c1ccccc1F. The first-order valence-corrected chi connectivity index (χ1v) is 7.67. The Labute approximate surface area is 121 Å². The molecule has 112 valence electrons. The lowest BCUT2D eigenvalue weighted by atomic mass is 9.89. The number of benzene rings is 1. The van der Waals surface area contributed by atoms with E-state index >= 15 is 0 Å². The van der Waals surface area contributed by atoms with Crippen molar-refractivity contribution in [2.45, 2.75) is 45.8 Å². The number of aliphatic hydroxyl groups excluding tert-OH is 1. The van der Waals surface area contributed by atoms with Crippen LogP contribution in [0.15, 0.2) is 24.3 Å². The van der Waals surface area contributed by atoms with E-state index in [0.29, 0.717) is 17.5 Å². The van der Waals surface area contributed by atoms with Crippen molar-refractivity contribution in [3.05, 3.63) is 35.6 Å². The Bertz CT molecular complexity index is 437. The van der Waals surface area contributed by atoms with E-state index in [2.05, 4.69) is 18.7 Å². The van der Waals surface area contributed by atoms with Gasteiger partial charge < -0.3 is 10.0 Å². The van der Waals surface area contributed by atoms with Gasteiger partial charge in [-0.3, -0.25) is 0 Å². The maximum absolute atomic E-state index is 13.7. The fourth-order valence-corrected chi connectivity index (χ4v) is 3.17. The molecule has 0 aromatic heterocycles. The second-order valence-corrected chi connectivity index (χ2v) is 6.30. The summed E-state index contributed by atoms with van der Waals surface area (Å²) in [5, 5.41) is 10.4. The van der Waals surface area contributed by atoms with E-state index < -0.39 is 6.10 Å². The van der Waals surface area contributed by atoms with E-state index in [1.165, 1.54) is 18.9 Å². The zero-order valence-corrected chi connectivity index (χ0v) is 12.7. The van der Waals surface area contributed by atoms with Crippen molar-refractivity contribution < 1.29 is 9.50 Å². The van der Waals surface area contributed by atoms with Gasteiger partial charge in [0.25, 0.3) is 0 Å². The average Bonchev–Trinajstić information content (AvgIpc) is 2.43. The van der Waals surface area contributed by atoms with E-state index in [0.717, 1.165) is 13.1 Å². The maximum atomic E-state index is 13.7. The monoisotopic (exact) mass is 279 g/mol. The standard InChI is InChI=1S/C17H26FNO/c1-12-7-6-10-19(14(12)3)11-13(2)17(20)15-8-4-5-9-16(15)18/h4-5,8-9,12-14,17,20H,6-7,10-11H2,1-3H3. The third-order valence-corrected chi connectivity index (χ3v) is 4.79. The Balaban J connectivity index is 2.01. The van der Waals surface area contributed by atoms with E-state index in [-0.39, 0.29) is 11.7 Å². The molecule has 20 heavy (non-hydrogen) atoms. The van der Waals surface area contributed by atoms with Crippen LogP contribution < -0.4 is 0 Å². The molecular weight excluding hydrogens is 253 g/mol. The zero-order valence-electron chi connectivity index (χ0n) is 12.7. The van der Waals surface area contributed by atoms with Crippen molar-refractivity contribution in [3.8, 4) is 0 Å². The van der Waals surface area contributed by atoms with Crippen molar-refractivity contribution >= 4 is 0 Å². The van der Waals surface area contributed by atoms with Gasteiger partial charge in [-0.25, -0.2) is 4.39 Å².